The van der Waals surface area contributed by atoms with E-state index in [1.54, 1.807) is 11.0 Å². The van der Waals surface area contributed by atoms with Gasteiger partial charge >= 0.3 is 12.0 Å². The quantitative estimate of drug-likeness (QED) is 0.872. The van der Waals surface area contributed by atoms with Crippen LogP contribution in [-0.2, 0) is 4.74 Å². The molecule has 21 heavy (non-hydrogen) atoms. The van der Waals surface area contributed by atoms with E-state index in [9.17, 15) is 9.59 Å². The Morgan fingerprint density at radius 1 is 1.52 bits per heavy atom. The van der Waals surface area contributed by atoms with E-state index < -0.39 is 5.97 Å². The number of carboxylic acids is 1. The number of urea groups is 1. The van der Waals surface area contributed by atoms with Crippen molar-refractivity contribution in [3.63, 3.8) is 0 Å². The maximum absolute atomic E-state index is 12.3. The molecule has 1 fully saturated rings. The van der Waals surface area contributed by atoms with Gasteiger partial charge in [-0.25, -0.2) is 9.59 Å². The summed E-state index contributed by atoms with van der Waals surface area (Å²) in [5.41, 5.74) is 0.571. The van der Waals surface area contributed by atoms with Crippen molar-refractivity contribution in [2.75, 3.05) is 25.0 Å². The van der Waals surface area contributed by atoms with Crippen LogP contribution in [0.15, 0.2) is 22.7 Å². The highest BCUT2D eigenvalue weighted by molar-refractivity contribution is 9.10. The largest absolute Gasteiger partial charge is 0.478 e. The average Bonchev–Trinajstić information content (AvgIpc) is 2.49. The molecule has 1 aromatic rings. The van der Waals surface area contributed by atoms with Crippen LogP contribution in [0.5, 0.6) is 0 Å². The highest BCUT2D eigenvalue weighted by Crippen LogP contribution is 2.24. The number of halogens is 1. The predicted molar refractivity (Wildman–Crippen MR) is 81.7 cm³/mol. The molecule has 2 N–H and O–H groups in total. The van der Waals surface area contributed by atoms with Gasteiger partial charge in [0.25, 0.3) is 0 Å². The molecular weight excluding hydrogens is 340 g/mol. The molecule has 2 amide bonds. The summed E-state index contributed by atoms with van der Waals surface area (Å²) in [7, 11) is 0. The molecule has 1 aliphatic heterocycles. The van der Waals surface area contributed by atoms with E-state index in [1.165, 1.54) is 12.1 Å². The summed E-state index contributed by atoms with van der Waals surface area (Å²) in [6, 6.07) is 4.26. The first kappa shape index (κ1) is 15.8. The average molecular weight is 357 g/mol. The molecule has 0 aromatic heterocycles. The number of nitrogens with one attached hydrogen (secondary N) is 1. The van der Waals surface area contributed by atoms with E-state index in [0.717, 1.165) is 6.42 Å². The Bertz CT molecular complexity index is 550. The number of hydrogen-bond acceptors (Lipinski definition) is 3. The molecule has 0 radical (unpaired) electrons. The summed E-state index contributed by atoms with van der Waals surface area (Å²) in [5, 5.41) is 11.7. The van der Waals surface area contributed by atoms with Gasteiger partial charge in [0.2, 0.25) is 0 Å². The predicted octanol–water partition coefficient (Wildman–Crippen LogP) is 2.79. The fraction of sp³-hybridized carbons (Fsp3) is 0.429. The molecule has 0 saturated carbocycles. The zero-order valence-electron chi connectivity index (χ0n) is 11.6. The Morgan fingerprint density at radius 2 is 2.29 bits per heavy atom. The maximum Gasteiger partial charge on any atom is 0.335 e. The number of anilines is 1. The van der Waals surface area contributed by atoms with Crippen LogP contribution >= 0.6 is 15.9 Å². The summed E-state index contributed by atoms with van der Waals surface area (Å²) >= 11 is 3.31. The van der Waals surface area contributed by atoms with Gasteiger partial charge in [0, 0.05) is 17.6 Å². The van der Waals surface area contributed by atoms with Crippen molar-refractivity contribution < 1.29 is 19.4 Å². The summed E-state index contributed by atoms with van der Waals surface area (Å²) in [4.78, 5) is 24.9. The smallest absolute Gasteiger partial charge is 0.335 e. The monoisotopic (exact) mass is 356 g/mol. The number of carbonyl (C=O) groups excluding carboxylic acids is 1. The van der Waals surface area contributed by atoms with Gasteiger partial charge in [-0.3, -0.25) is 0 Å². The number of hydrogen-bond donors (Lipinski definition) is 2. The number of benzene rings is 1. The number of aromatic carboxylic acids is 1. The molecule has 1 unspecified atom stereocenters. The van der Waals surface area contributed by atoms with Gasteiger partial charge in [-0.05, 0) is 40.5 Å². The zero-order valence-corrected chi connectivity index (χ0v) is 13.2. The first-order valence-corrected chi connectivity index (χ1v) is 7.51. The van der Waals surface area contributed by atoms with Gasteiger partial charge in [-0.15, -0.1) is 0 Å². The first-order valence-electron chi connectivity index (χ1n) is 6.71. The van der Waals surface area contributed by atoms with Crippen LogP contribution in [0.2, 0.25) is 0 Å². The van der Waals surface area contributed by atoms with Crippen LogP contribution in [0.3, 0.4) is 0 Å². The van der Waals surface area contributed by atoms with Crippen LogP contribution in [-0.4, -0.2) is 47.8 Å². The molecule has 7 heteroatoms. The number of amides is 2. The lowest BCUT2D eigenvalue weighted by Gasteiger charge is -2.32. The minimum Gasteiger partial charge on any atom is -0.478 e. The molecule has 0 aliphatic carbocycles. The molecule has 1 atom stereocenters. The third-order valence-corrected chi connectivity index (χ3v) is 4.03. The van der Waals surface area contributed by atoms with Crippen molar-refractivity contribution in [2.24, 2.45) is 0 Å². The molecule has 2 rings (SSSR count). The van der Waals surface area contributed by atoms with Gasteiger partial charge in [0.05, 0.1) is 24.0 Å². The Balaban J connectivity index is 2.08. The van der Waals surface area contributed by atoms with Crippen molar-refractivity contribution in [1.82, 2.24) is 4.90 Å². The second-order valence-electron chi connectivity index (χ2n) is 4.78. The number of carbonyl (C=O) groups is 2. The second kappa shape index (κ2) is 6.91. The van der Waals surface area contributed by atoms with Gasteiger partial charge in [0.1, 0.15) is 0 Å². The zero-order chi connectivity index (χ0) is 15.4. The van der Waals surface area contributed by atoms with E-state index >= 15 is 0 Å². The maximum atomic E-state index is 12.3. The van der Waals surface area contributed by atoms with Crippen LogP contribution in [0, 0.1) is 0 Å². The van der Waals surface area contributed by atoms with Crippen LogP contribution in [0.1, 0.15) is 23.7 Å². The van der Waals surface area contributed by atoms with E-state index in [1.807, 2.05) is 6.92 Å². The van der Waals surface area contributed by atoms with E-state index in [0.29, 0.717) is 29.9 Å². The summed E-state index contributed by atoms with van der Waals surface area (Å²) in [6.45, 7) is 3.60. The Morgan fingerprint density at radius 3 is 2.95 bits per heavy atom. The van der Waals surface area contributed by atoms with Gasteiger partial charge < -0.3 is 20.1 Å². The van der Waals surface area contributed by atoms with Crippen molar-refractivity contribution in [3.8, 4) is 0 Å². The molecule has 0 bridgehead atoms. The minimum atomic E-state index is -1.03. The van der Waals surface area contributed by atoms with Gasteiger partial charge in [-0.2, -0.15) is 0 Å². The number of rotatable bonds is 3. The lowest BCUT2D eigenvalue weighted by Crippen LogP contribution is -2.47. The molecule has 114 valence electrons. The fourth-order valence-corrected chi connectivity index (χ4v) is 2.44. The summed E-state index contributed by atoms with van der Waals surface area (Å²) in [6.07, 6.45) is 0.903. The lowest BCUT2D eigenvalue weighted by molar-refractivity contribution is -0.0134. The molecular formula is C14H17BrN2O4. The molecule has 1 saturated heterocycles. The number of ether oxygens (including phenoxy) is 1. The fourth-order valence-electron chi connectivity index (χ4n) is 2.10. The standard InChI is InChI=1S/C14H17BrN2O4/c1-2-10-8-17(5-6-21-10)14(20)16-12-7-9(13(18)19)3-4-11(12)15/h3-4,7,10H,2,5-6,8H2,1H3,(H,16,20)(H,18,19). The highest BCUT2D eigenvalue weighted by atomic mass is 79.9. The summed E-state index contributed by atoms with van der Waals surface area (Å²) in [5.74, 6) is -1.03. The molecule has 1 heterocycles. The lowest BCUT2D eigenvalue weighted by atomic mass is 10.2. The summed E-state index contributed by atoms with van der Waals surface area (Å²) < 4.78 is 6.16. The molecule has 0 spiro atoms. The van der Waals surface area contributed by atoms with E-state index in [2.05, 4.69) is 21.2 Å². The first-order chi connectivity index (χ1) is 10.0. The highest BCUT2D eigenvalue weighted by Gasteiger charge is 2.23. The minimum absolute atomic E-state index is 0.0540. The third kappa shape index (κ3) is 3.95. The van der Waals surface area contributed by atoms with Crippen molar-refractivity contribution in [2.45, 2.75) is 19.4 Å². The van der Waals surface area contributed by atoms with Crippen molar-refractivity contribution >= 4 is 33.6 Å². The van der Waals surface area contributed by atoms with Crippen LogP contribution < -0.4 is 5.32 Å². The van der Waals surface area contributed by atoms with Crippen molar-refractivity contribution in [3.05, 3.63) is 28.2 Å². The molecule has 1 aliphatic rings. The van der Waals surface area contributed by atoms with Gasteiger partial charge in [-0.1, -0.05) is 6.92 Å². The number of morpholine rings is 1. The SMILES string of the molecule is CCC1CN(C(=O)Nc2cc(C(=O)O)ccc2Br)CCO1. The normalized spacial score (nSPS) is 18.4. The van der Waals surface area contributed by atoms with E-state index in [4.69, 9.17) is 9.84 Å². The third-order valence-electron chi connectivity index (χ3n) is 3.34. The topological polar surface area (TPSA) is 78.9 Å². The van der Waals surface area contributed by atoms with E-state index in [-0.39, 0.29) is 17.7 Å². The Hall–Kier alpha value is -1.60. The van der Waals surface area contributed by atoms with Crippen molar-refractivity contribution in [1.29, 1.82) is 0 Å². The molecule has 1 aromatic carbocycles. The molecule has 6 nitrogen and oxygen atoms in total. The Kier molecular flexibility index (Phi) is 5.19. The Labute approximate surface area is 131 Å². The number of nitrogens with zero attached hydrogens (tertiary/aromatic N) is 1. The van der Waals surface area contributed by atoms with Crippen LogP contribution in [0.4, 0.5) is 10.5 Å². The van der Waals surface area contributed by atoms with Crippen LogP contribution in [0.25, 0.3) is 0 Å². The second-order valence-corrected chi connectivity index (χ2v) is 5.63. The van der Waals surface area contributed by atoms with Gasteiger partial charge in [0.15, 0.2) is 0 Å². The number of carboxylic acid groups (broad SMARTS) is 1.